The predicted molar refractivity (Wildman–Crippen MR) is 35.6 cm³/mol. The molecule has 0 amide bonds. The van der Waals surface area contributed by atoms with Crippen molar-refractivity contribution in [2.45, 2.75) is 6.92 Å². The van der Waals surface area contributed by atoms with E-state index in [4.69, 9.17) is 0 Å². The van der Waals surface area contributed by atoms with Gasteiger partial charge in [-0.05, 0) is 0 Å². The molecule has 0 N–H and O–H groups in total. The molecule has 0 bridgehead atoms. The summed E-state index contributed by atoms with van der Waals surface area (Å²) in [4.78, 5) is 0. The molecule has 0 nitrogen and oxygen atoms in total. The summed E-state index contributed by atoms with van der Waals surface area (Å²) in [5, 5.41) is 0. The van der Waals surface area contributed by atoms with Gasteiger partial charge in [0.2, 0.25) is 0 Å². The summed E-state index contributed by atoms with van der Waals surface area (Å²) in [6.07, 6.45) is 0. The SMILES string of the molecule is [CH2-]c1ccccc1C.[W]. The first-order valence-corrected chi connectivity index (χ1v) is 2.68. The van der Waals surface area contributed by atoms with E-state index in [1.54, 1.807) is 0 Å². The van der Waals surface area contributed by atoms with Gasteiger partial charge in [0.25, 0.3) is 0 Å². The molecule has 1 aromatic carbocycles. The van der Waals surface area contributed by atoms with Crippen molar-refractivity contribution in [2.24, 2.45) is 0 Å². The van der Waals surface area contributed by atoms with Gasteiger partial charge in [-0.3, -0.25) is 0 Å². The normalized spacial score (nSPS) is 8.11. The van der Waals surface area contributed by atoms with Crippen LogP contribution in [0.5, 0.6) is 0 Å². The molecule has 1 heteroatoms. The van der Waals surface area contributed by atoms with Crippen LogP contribution in [0.3, 0.4) is 0 Å². The van der Waals surface area contributed by atoms with E-state index >= 15 is 0 Å². The third kappa shape index (κ3) is 2.24. The van der Waals surface area contributed by atoms with E-state index in [1.807, 2.05) is 18.2 Å². The topological polar surface area (TPSA) is 0 Å². The van der Waals surface area contributed by atoms with Crippen LogP contribution in [0.1, 0.15) is 11.1 Å². The molecule has 48 valence electrons. The van der Waals surface area contributed by atoms with Gasteiger partial charge < -0.3 is 0 Å². The van der Waals surface area contributed by atoms with Crippen molar-refractivity contribution >= 4 is 0 Å². The average molecular weight is 289 g/mol. The van der Waals surface area contributed by atoms with Crippen molar-refractivity contribution in [3.63, 3.8) is 0 Å². The summed E-state index contributed by atoms with van der Waals surface area (Å²) in [6, 6.07) is 8.08. The van der Waals surface area contributed by atoms with Gasteiger partial charge in [-0.25, -0.2) is 0 Å². The maximum Gasteiger partial charge on any atom is 0 e. The van der Waals surface area contributed by atoms with E-state index in [2.05, 4.69) is 19.9 Å². The summed E-state index contributed by atoms with van der Waals surface area (Å²) in [5.41, 5.74) is 2.38. The Balaban J connectivity index is 0.000000640. The Morgan fingerprint density at radius 3 is 2.11 bits per heavy atom. The molecule has 0 heterocycles. The van der Waals surface area contributed by atoms with Crippen molar-refractivity contribution in [3.8, 4) is 0 Å². The van der Waals surface area contributed by atoms with E-state index in [0.29, 0.717) is 0 Å². The number of aryl methyl sites for hydroxylation is 1. The second-order valence-corrected chi connectivity index (χ2v) is 1.93. The first-order valence-electron chi connectivity index (χ1n) is 2.68. The van der Waals surface area contributed by atoms with Gasteiger partial charge in [-0.2, -0.15) is 24.1 Å². The molecule has 0 atom stereocenters. The van der Waals surface area contributed by atoms with Gasteiger partial charge in [0.05, 0.1) is 0 Å². The second-order valence-electron chi connectivity index (χ2n) is 1.93. The van der Waals surface area contributed by atoms with E-state index in [1.165, 1.54) is 5.56 Å². The fourth-order valence-electron chi connectivity index (χ4n) is 0.610. The fraction of sp³-hybridized carbons (Fsp3) is 0.125. The maximum atomic E-state index is 3.82. The minimum atomic E-state index is 0. The van der Waals surface area contributed by atoms with Crippen LogP contribution in [0.2, 0.25) is 0 Å². The van der Waals surface area contributed by atoms with Gasteiger partial charge in [0.1, 0.15) is 0 Å². The molecule has 1 aromatic rings. The zero-order chi connectivity index (χ0) is 5.98. The molecule has 0 aliphatic rings. The first kappa shape index (κ1) is 8.78. The number of rotatable bonds is 0. The van der Waals surface area contributed by atoms with E-state index in [0.717, 1.165) is 5.56 Å². The molecule has 0 saturated heterocycles. The Bertz CT molecular complexity index is 161. The standard InChI is InChI=1S/C8H9.W/c1-7-5-3-4-6-8(7)2;/h3-6H,1H2,2H3;/q-1;. The molecule has 0 aliphatic heterocycles. The van der Waals surface area contributed by atoms with Gasteiger partial charge in [0.15, 0.2) is 0 Å². The number of benzene rings is 1. The van der Waals surface area contributed by atoms with Crippen LogP contribution >= 0.6 is 0 Å². The molecule has 1 rings (SSSR count). The molecule has 0 spiro atoms. The van der Waals surface area contributed by atoms with Crippen LogP contribution in [0, 0.1) is 13.8 Å². The molecule has 0 unspecified atom stereocenters. The molecule has 0 fully saturated rings. The van der Waals surface area contributed by atoms with Crippen molar-refractivity contribution in [2.75, 3.05) is 0 Å². The zero-order valence-corrected chi connectivity index (χ0v) is 8.36. The Kier molecular flexibility index (Phi) is 3.65. The minimum absolute atomic E-state index is 0. The molecule has 9 heavy (non-hydrogen) atoms. The molecule has 0 saturated carbocycles. The van der Waals surface area contributed by atoms with Crippen LogP contribution in [-0.2, 0) is 21.1 Å². The Labute approximate surface area is 70.5 Å². The summed E-state index contributed by atoms with van der Waals surface area (Å²) in [5.74, 6) is 0. The number of hydrogen-bond acceptors (Lipinski definition) is 0. The van der Waals surface area contributed by atoms with Crippen LogP contribution in [0.15, 0.2) is 24.3 Å². The van der Waals surface area contributed by atoms with Crippen molar-refractivity contribution in [1.29, 1.82) is 0 Å². The minimum Gasteiger partial charge on any atom is -0.198 e. The quantitative estimate of drug-likeness (QED) is 0.642. The van der Waals surface area contributed by atoms with Crippen molar-refractivity contribution in [3.05, 3.63) is 42.3 Å². The summed E-state index contributed by atoms with van der Waals surface area (Å²) >= 11 is 0. The van der Waals surface area contributed by atoms with E-state index < -0.39 is 0 Å². The molecule has 0 radical (unpaired) electrons. The van der Waals surface area contributed by atoms with Crippen LogP contribution in [0.25, 0.3) is 0 Å². The Morgan fingerprint density at radius 2 is 1.78 bits per heavy atom. The van der Waals surface area contributed by atoms with Crippen molar-refractivity contribution < 1.29 is 21.1 Å². The van der Waals surface area contributed by atoms with E-state index in [-0.39, 0.29) is 21.1 Å². The second kappa shape index (κ2) is 3.74. The average Bonchev–Trinajstić information content (AvgIpc) is 1.77. The van der Waals surface area contributed by atoms with Crippen molar-refractivity contribution in [1.82, 2.24) is 0 Å². The molecule has 0 aliphatic carbocycles. The van der Waals surface area contributed by atoms with Gasteiger partial charge >= 0.3 is 0 Å². The molecule has 0 aromatic heterocycles. The van der Waals surface area contributed by atoms with Gasteiger partial charge in [-0.1, -0.05) is 13.0 Å². The summed E-state index contributed by atoms with van der Waals surface area (Å²) < 4.78 is 0. The third-order valence-electron chi connectivity index (χ3n) is 1.26. The smallest absolute Gasteiger partial charge is 0 e. The monoisotopic (exact) mass is 289 g/mol. The fourth-order valence-corrected chi connectivity index (χ4v) is 0.610. The first-order chi connectivity index (χ1) is 3.80. The van der Waals surface area contributed by atoms with E-state index in [9.17, 15) is 0 Å². The largest absolute Gasteiger partial charge is 0.198 e. The van der Waals surface area contributed by atoms with Crippen LogP contribution in [-0.4, -0.2) is 0 Å². The zero-order valence-electron chi connectivity index (χ0n) is 5.42. The Hall–Kier alpha value is -0.222. The van der Waals surface area contributed by atoms with Gasteiger partial charge in [-0.15, -0.1) is 12.1 Å². The molecular weight excluding hydrogens is 280 g/mol. The predicted octanol–water partition coefficient (Wildman–Crippen LogP) is 2.17. The summed E-state index contributed by atoms with van der Waals surface area (Å²) in [6.45, 7) is 5.88. The third-order valence-corrected chi connectivity index (χ3v) is 1.26. The van der Waals surface area contributed by atoms with Gasteiger partial charge in [0, 0.05) is 21.1 Å². The number of hydrogen-bond donors (Lipinski definition) is 0. The summed E-state index contributed by atoms with van der Waals surface area (Å²) in [7, 11) is 0. The van der Waals surface area contributed by atoms with Crippen LogP contribution < -0.4 is 0 Å². The maximum absolute atomic E-state index is 3.82. The van der Waals surface area contributed by atoms with Crippen LogP contribution in [0.4, 0.5) is 0 Å². The Morgan fingerprint density at radius 1 is 1.22 bits per heavy atom. The molecular formula is C8H9W-.